The van der Waals surface area contributed by atoms with Gasteiger partial charge in [0.15, 0.2) is 5.11 Å². The van der Waals surface area contributed by atoms with E-state index in [0.29, 0.717) is 35.9 Å². The van der Waals surface area contributed by atoms with E-state index in [1.54, 1.807) is 48.5 Å². The highest BCUT2D eigenvalue weighted by atomic mass is 32.1. The number of pyridine rings is 1. The largest absolute Gasteiger partial charge is 0.462 e. The molecule has 32 heavy (non-hydrogen) atoms. The number of hydrogen-bond acceptors (Lipinski definition) is 6. The Balaban J connectivity index is 1.83. The fourth-order valence-electron chi connectivity index (χ4n) is 3.53. The molecule has 0 spiro atoms. The van der Waals surface area contributed by atoms with Crippen molar-refractivity contribution in [3.8, 4) is 0 Å². The van der Waals surface area contributed by atoms with Crippen LogP contribution in [0.25, 0.3) is 0 Å². The Morgan fingerprint density at radius 1 is 1.12 bits per heavy atom. The summed E-state index contributed by atoms with van der Waals surface area (Å²) < 4.78 is 5.01. The molecule has 1 aliphatic rings. The molecule has 1 aliphatic heterocycles. The Labute approximate surface area is 192 Å². The first-order chi connectivity index (χ1) is 15.5. The van der Waals surface area contributed by atoms with Gasteiger partial charge in [0.2, 0.25) is 5.91 Å². The standard InChI is InChI=1S/C23H26N4O4S/c1-3-25-20(28)15-19-21(29)27(18-7-5-17(6-8-18)22(30)31-4-2)23(32)26(19)14-11-16-9-12-24-13-10-16/h5-10,12-13,19H,3-4,11,14-15H2,1-2H3,(H,25,28)/t19-/m0/s1. The minimum atomic E-state index is -0.694. The molecule has 1 saturated heterocycles. The maximum absolute atomic E-state index is 13.3. The number of hydrogen-bond donors (Lipinski definition) is 1. The van der Waals surface area contributed by atoms with Gasteiger partial charge >= 0.3 is 5.97 Å². The number of thiocarbonyl (C=S) groups is 1. The van der Waals surface area contributed by atoms with Gasteiger partial charge < -0.3 is 15.0 Å². The molecular weight excluding hydrogens is 428 g/mol. The van der Waals surface area contributed by atoms with Crippen molar-refractivity contribution in [1.29, 1.82) is 0 Å². The molecule has 2 heterocycles. The Morgan fingerprint density at radius 2 is 1.81 bits per heavy atom. The number of anilines is 1. The minimum absolute atomic E-state index is 0.0145. The summed E-state index contributed by atoms with van der Waals surface area (Å²) in [5.41, 5.74) is 1.99. The van der Waals surface area contributed by atoms with Crippen LogP contribution in [-0.4, -0.2) is 58.5 Å². The summed E-state index contributed by atoms with van der Waals surface area (Å²) in [6, 6.07) is 9.64. The van der Waals surface area contributed by atoms with Crippen LogP contribution in [0.2, 0.25) is 0 Å². The monoisotopic (exact) mass is 454 g/mol. The van der Waals surface area contributed by atoms with Gasteiger partial charge in [0.1, 0.15) is 6.04 Å². The predicted octanol–water partition coefficient (Wildman–Crippen LogP) is 2.33. The van der Waals surface area contributed by atoms with Crippen LogP contribution >= 0.6 is 12.2 Å². The summed E-state index contributed by atoms with van der Waals surface area (Å²) in [6.07, 6.45) is 4.09. The number of amides is 2. The minimum Gasteiger partial charge on any atom is -0.462 e. The number of rotatable bonds is 9. The molecule has 3 rings (SSSR count). The first kappa shape index (κ1) is 23.3. The normalized spacial score (nSPS) is 15.8. The second-order valence-electron chi connectivity index (χ2n) is 7.20. The first-order valence-corrected chi connectivity index (χ1v) is 10.9. The zero-order valence-corrected chi connectivity index (χ0v) is 18.9. The third kappa shape index (κ3) is 5.28. The zero-order valence-electron chi connectivity index (χ0n) is 18.1. The zero-order chi connectivity index (χ0) is 23.1. The average molecular weight is 455 g/mol. The number of nitrogens with one attached hydrogen (secondary N) is 1. The van der Waals surface area contributed by atoms with Crippen molar-refractivity contribution in [2.24, 2.45) is 0 Å². The number of aromatic nitrogens is 1. The van der Waals surface area contributed by atoms with Crippen LogP contribution < -0.4 is 10.2 Å². The van der Waals surface area contributed by atoms with Crippen LogP contribution in [0, 0.1) is 0 Å². The van der Waals surface area contributed by atoms with Crippen molar-refractivity contribution in [3.63, 3.8) is 0 Å². The Hall–Kier alpha value is -3.33. The van der Waals surface area contributed by atoms with Crippen molar-refractivity contribution >= 4 is 40.8 Å². The molecule has 1 atom stereocenters. The topological polar surface area (TPSA) is 91.8 Å². The SMILES string of the molecule is CCNC(=O)C[C@H]1C(=O)N(c2ccc(C(=O)OCC)cc2)C(=S)N1CCc1ccncc1. The molecular formula is C23H26N4O4S. The summed E-state index contributed by atoms with van der Waals surface area (Å²) in [5, 5.41) is 3.08. The lowest BCUT2D eigenvalue weighted by atomic mass is 10.1. The van der Waals surface area contributed by atoms with E-state index >= 15 is 0 Å². The molecule has 1 aromatic carbocycles. The summed E-state index contributed by atoms with van der Waals surface area (Å²) >= 11 is 5.65. The van der Waals surface area contributed by atoms with E-state index in [1.165, 1.54) is 4.90 Å². The Morgan fingerprint density at radius 3 is 2.44 bits per heavy atom. The molecule has 0 aliphatic carbocycles. The van der Waals surface area contributed by atoms with Crippen LogP contribution in [0.3, 0.4) is 0 Å². The highest BCUT2D eigenvalue weighted by molar-refractivity contribution is 7.80. The van der Waals surface area contributed by atoms with Crippen molar-refractivity contribution in [3.05, 3.63) is 59.9 Å². The smallest absolute Gasteiger partial charge is 0.338 e. The number of benzene rings is 1. The lowest BCUT2D eigenvalue weighted by Gasteiger charge is -2.24. The molecule has 8 nitrogen and oxygen atoms in total. The van der Waals surface area contributed by atoms with Crippen molar-refractivity contribution < 1.29 is 19.1 Å². The molecule has 2 aromatic rings. The van der Waals surface area contributed by atoms with Gasteiger partial charge in [0.25, 0.3) is 5.91 Å². The average Bonchev–Trinajstić information content (AvgIpc) is 3.02. The van der Waals surface area contributed by atoms with Gasteiger partial charge in [0, 0.05) is 25.5 Å². The highest BCUT2D eigenvalue weighted by Crippen LogP contribution is 2.28. The maximum Gasteiger partial charge on any atom is 0.338 e. The molecule has 1 N–H and O–H groups in total. The second-order valence-corrected chi connectivity index (χ2v) is 7.56. The Bertz CT molecular complexity index is 981. The van der Waals surface area contributed by atoms with Gasteiger partial charge in [-0.05, 0) is 74.4 Å². The van der Waals surface area contributed by atoms with E-state index in [0.717, 1.165) is 5.56 Å². The van der Waals surface area contributed by atoms with Crippen LogP contribution in [0.4, 0.5) is 5.69 Å². The number of esters is 1. The number of ether oxygens (including phenoxy) is 1. The molecule has 2 amide bonds. The summed E-state index contributed by atoms with van der Waals surface area (Å²) in [4.78, 5) is 44.8. The molecule has 0 bridgehead atoms. The van der Waals surface area contributed by atoms with Crippen LogP contribution in [0.5, 0.6) is 0 Å². The van der Waals surface area contributed by atoms with E-state index in [1.807, 2.05) is 19.1 Å². The van der Waals surface area contributed by atoms with Gasteiger partial charge in [0.05, 0.1) is 24.3 Å². The fraction of sp³-hybridized carbons (Fsp3) is 0.348. The highest BCUT2D eigenvalue weighted by Gasteiger charge is 2.43. The quantitative estimate of drug-likeness (QED) is 0.459. The van der Waals surface area contributed by atoms with Crippen LogP contribution in [-0.2, 0) is 20.7 Å². The van der Waals surface area contributed by atoms with Gasteiger partial charge in [-0.1, -0.05) is 0 Å². The summed E-state index contributed by atoms with van der Waals surface area (Å²) in [7, 11) is 0. The fourth-order valence-corrected chi connectivity index (χ4v) is 3.94. The second kappa shape index (κ2) is 10.8. The lowest BCUT2D eigenvalue weighted by Crippen LogP contribution is -2.40. The third-order valence-corrected chi connectivity index (χ3v) is 5.52. The van der Waals surface area contributed by atoms with E-state index in [2.05, 4.69) is 10.3 Å². The summed E-state index contributed by atoms with van der Waals surface area (Å²) in [6.45, 7) is 4.82. The van der Waals surface area contributed by atoms with Crippen LogP contribution in [0.1, 0.15) is 36.2 Å². The number of nitrogens with zero attached hydrogens (tertiary/aromatic N) is 3. The molecule has 1 aromatic heterocycles. The van der Waals surface area contributed by atoms with Gasteiger partial charge in [-0.25, -0.2) is 4.79 Å². The van der Waals surface area contributed by atoms with E-state index in [-0.39, 0.29) is 24.8 Å². The third-order valence-electron chi connectivity index (χ3n) is 5.10. The van der Waals surface area contributed by atoms with Gasteiger partial charge in [-0.3, -0.25) is 19.5 Å². The molecule has 0 saturated carbocycles. The molecule has 1 fully saturated rings. The van der Waals surface area contributed by atoms with Crippen molar-refractivity contribution in [2.45, 2.75) is 32.7 Å². The lowest BCUT2D eigenvalue weighted by molar-refractivity contribution is -0.127. The van der Waals surface area contributed by atoms with E-state index < -0.39 is 12.0 Å². The van der Waals surface area contributed by atoms with E-state index in [9.17, 15) is 14.4 Å². The predicted molar refractivity (Wildman–Crippen MR) is 124 cm³/mol. The van der Waals surface area contributed by atoms with Crippen molar-refractivity contribution in [1.82, 2.24) is 15.2 Å². The summed E-state index contributed by atoms with van der Waals surface area (Å²) in [5.74, 6) is -0.899. The van der Waals surface area contributed by atoms with Crippen LogP contribution in [0.15, 0.2) is 48.8 Å². The first-order valence-electron chi connectivity index (χ1n) is 10.5. The van der Waals surface area contributed by atoms with Crippen molar-refractivity contribution in [2.75, 3.05) is 24.6 Å². The number of carbonyl (C=O) groups is 3. The van der Waals surface area contributed by atoms with E-state index in [4.69, 9.17) is 17.0 Å². The Kier molecular flexibility index (Phi) is 7.88. The molecule has 9 heteroatoms. The molecule has 0 radical (unpaired) electrons. The maximum atomic E-state index is 13.3. The van der Waals surface area contributed by atoms with Gasteiger partial charge in [-0.15, -0.1) is 0 Å². The molecule has 0 unspecified atom stereocenters. The van der Waals surface area contributed by atoms with Gasteiger partial charge in [-0.2, -0.15) is 0 Å². The molecule has 168 valence electrons. The number of carbonyl (C=O) groups excluding carboxylic acids is 3.